The molecule has 1 atom stereocenters. The van der Waals surface area contributed by atoms with Crippen molar-refractivity contribution in [2.45, 2.75) is 13.0 Å². The Morgan fingerprint density at radius 2 is 2.16 bits per heavy atom. The first kappa shape index (κ1) is 14.5. The molecule has 1 aromatic rings. The van der Waals surface area contributed by atoms with Gasteiger partial charge < -0.3 is 19.7 Å². The van der Waals surface area contributed by atoms with Crippen LogP contribution in [0.15, 0.2) is 12.1 Å². The fraction of sp³-hybridized carbons (Fsp3) is 0.250. The minimum Gasteiger partial charge on any atom is -0.537 e. The van der Waals surface area contributed by atoms with Crippen molar-refractivity contribution in [3.63, 3.8) is 0 Å². The fourth-order valence-corrected chi connectivity index (χ4v) is 1.49. The van der Waals surface area contributed by atoms with E-state index in [9.17, 15) is 25.1 Å². The minimum absolute atomic E-state index is 0.138. The number of aliphatic carboxylic acids is 1. The van der Waals surface area contributed by atoms with E-state index in [1.54, 1.807) is 12.8 Å². The van der Waals surface area contributed by atoms with Gasteiger partial charge in [0.2, 0.25) is 0 Å². The number of hydrogen-bond donors (Lipinski definition) is 1. The van der Waals surface area contributed by atoms with Gasteiger partial charge in [-0.2, -0.15) is 0 Å². The average Bonchev–Trinajstić information content (AvgIpc) is 2.35. The number of nitro groups is 1. The van der Waals surface area contributed by atoms with Crippen LogP contribution in [0.5, 0.6) is 5.75 Å². The van der Waals surface area contributed by atoms with Gasteiger partial charge in [-0.15, -0.1) is 0 Å². The molecule has 7 nitrogen and oxygen atoms in total. The third kappa shape index (κ3) is 3.43. The number of carboxylic acids is 1. The molecule has 1 rings (SSSR count). The number of nitrogens with zero attached hydrogens (tertiary/aromatic N) is 1. The highest BCUT2D eigenvalue weighted by Crippen LogP contribution is 2.32. The number of carboxylic acid groups (broad SMARTS) is 1. The van der Waals surface area contributed by atoms with Crippen LogP contribution in [0.4, 0.5) is 5.69 Å². The number of nitro benzene ring substituents is 1. The van der Waals surface area contributed by atoms with Gasteiger partial charge in [-0.25, -0.2) is 0 Å². The summed E-state index contributed by atoms with van der Waals surface area (Å²) in [7, 11) is 1.37. The van der Waals surface area contributed by atoms with Crippen LogP contribution in [-0.2, 0) is 4.79 Å². The third-order valence-corrected chi connectivity index (χ3v) is 2.35. The molecule has 100 valence electrons. The quantitative estimate of drug-likeness (QED) is 0.455. The largest absolute Gasteiger partial charge is 0.537 e. The number of ether oxygens (including phenoxy) is 1. The van der Waals surface area contributed by atoms with Crippen LogP contribution in [0.25, 0.3) is 0 Å². The normalized spacial score (nSPS) is 11.1. The predicted molar refractivity (Wildman–Crippen MR) is 62.1 cm³/mol. The van der Waals surface area contributed by atoms with Crippen molar-refractivity contribution in [2.24, 2.45) is 0 Å². The maximum atomic E-state index is 10.9. The standard InChI is InChI=1S/C12H11NO6/c1-7-5-9(13(17)18)8(6-11(7)19-2)10(14)3-4-12(15)16/h5-6,10,14H,1-2H3,(H,15,16)/p-1. The number of benzene rings is 1. The number of carbonyl (C=O) groups excluding carboxylic acids is 1. The Balaban J connectivity index is 3.36. The first-order valence-corrected chi connectivity index (χ1v) is 5.10. The maximum Gasteiger partial charge on any atom is 0.276 e. The van der Waals surface area contributed by atoms with Crippen molar-refractivity contribution in [2.75, 3.05) is 7.11 Å². The molecule has 0 heterocycles. The lowest BCUT2D eigenvalue weighted by atomic mass is 10.0. The van der Waals surface area contributed by atoms with Gasteiger partial charge in [0, 0.05) is 6.07 Å². The molecule has 0 aliphatic heterocycles. The van der Waals surface area contributed by atoms with Crippen molar-refractivity contribution in [1.29, 1.82) is 0 Å². The van der Waals surface area contributed by atoms with Gasteiger partial charge in [0.15, 0.2) is 0 Å². The fourth-order valence-electron chi connectivity index (χ4n) is 1.49. The number of rotatable bonds is 3. The van der Waals surface area contributed by atoms with E-state index in [1.165, 1.54) is 19.2 Å². The van der Waals surface area contributed by atoms with Crippen LogP contribution in [0.1, 0.15) is 17.2 Å². The molecule has 0 radical (unpaired) electrons. The van der Waals surface area contributed by atoms with E-state index in [2.05, 4.69) is 0 Å². The highest BCUT2D eigenvalue weighted by Gasteiger charge is 2.21. The van der Waals surface area contributed by atoms with Gasteiger partial charge in [0.1, 0.15) is 17.8 Å². The Morgan fingerprint density at radius 1 is 1.53 bits per heavy atom. The molecule has 1 aromatic carbocycles. The number of aliphatic hydroxyl groups is 1. The summed E-state index contributed by atoms with van der Waals surface area (Å²) in [6, 6.07) is 2.47. The number of aryl methyl sites for hydroxylation is 1. The molecule has 0 amide bonds. The summed E-state index contributed by atoms with van der Waals surface area (Å²) in [5.41, 5.74) is 0.0117. The second-order valence-corrected chi connectivity index (χ2v) is 3.60. The molecule has 0 aliphatic carbocycles. The van der Waals surface area contributed by atoms with Crippen molar-refractivity contribution >= 4 is 11.7 Å². The highest BCUT2D eigenvalue weighted by atomic mass is 16.6. The molecule has 0 aromatic heterocycles. The van der Waals surface area contributed by atoms with Crippen LogP contribution < -0.4 is 9.84 Å². The van der Waals surface area contributed by atoms with Crippen molar-refractivity contribution < 1.29 is 24.7 Å². The minimum atomic E-state index is -1.68. The molecule has 7 heteroatoms. The molecule has 0 fully saturated rings. The lowest BCUT2D eigenvalue weighted by Crippen LogP contribution is -2.19. The van der Waals surface area contributed by atoms with E-state index in [-0.39, 0.29) is 11.3 Å². The Hall–Kier alpha value is -2.59. The zero-order valence-corrected chi connectivity index (χ0v) is 10.2. The van der Waals surface area contributed by atoms with E-state index in [0.29, 0.717) is 11.3 Å². The topological polar surface area (TPSA) is 113 Å². The second kappa shape index (κ2) is 5.84. The van der Waals surface area contributed by atoms with E-state index in [4.69, 9.17) is 4.74 Å². The molecule has 0 saturated carbocycles. The molecule has 0 saturated heterocycles. The van der Waals surface area contributed by atoms with Crippen molar-refractivity contribution in [3.8, 4) is 17.6 Å². The summed E-state index contributed by atoms with van der Waals surface area (Å²) < 4.78 is 4.99. The lowest BCUT2D eigenvalue weighted by Gasteiger charge is -2.10. The zero-order valence-electron chi connectivity index (χ0n) is 10.2. The SMILES string of the molecule is COc1cc(C(O)C#CC(=O)[O-])c([N+](=O)[O-])cc1C. The molecule has 0 spiro atoms. The van der Waals surface area contributed by atoms with Crippen LogP contribution in [0.3, 0.4) is 0 Å². The molecule has 0 aliphatic rings. The van der Waals surface area contributed by atoms with Crippen molar-refractivity contribution in [3.05, 3.63) is 33.4 Å². The zero-order chi connectivity index (χ0) is 14.6. The molecule has 19 heavy (non-hydrogen) atoms. The van der Waals surface area contributed by atoms with Crippen LogP contribution in [0.2, 0.25) is 0 Å². The summed E-state index contributed by atoms with van der Waals surface area (Å²) in [5, 5.41) is 30.8. The average molecular weight is 264 g/mol. The van der Waals surface area contributed by atoms with Crippen LogP contribution in [0, 0.1) is 28.9 Å². The first-order chi connectivity index (χ1) is 8.86. The number of carbonyl (C=O) groups is 1. The smallest absolute Gasteiger partial charge is 0.276 e. The summed E-state index contributed by atoms with van der Waals surface area (Å²) in [6.07, 6.45) is -1.62. The number of methoxy groups -OCH3 is 1. The van der Waals surface area contributed by atoms with E-state index < -0.39 is 17.0 Å². The Labute approximate surface area is 108 Å². The molecular weight excluding hydrogens is 254 g/mol. The van der Waals surface area contributed by atoms with Gasteiger partial charge in [-0.3, -0.25) is 10.1 Å². The monoisotopic (exact) mass is 264 g/mol. The summed E-state index contributed by atoms with van der Waals surface area (Å²) in [6.45, 7) is 1.61. The summed E-state index contributed by atoms with van der Waals surface area (Å²) in [5.74, 6) is 2.20. The highest BCUT2D eigenvalue weighted by molar-refractivity contribution is 5.84. The second-order valence-electron chi connectivity index (χ2n) is 3.60. The van der Waals surface area contributed by atoms with E-state index in [0.717, 1.165) is 0 Å². The Morgan fingerprint density at radius 3 is 2.63 bits per heavy atom. The van der Waals surface area contributed by atoms with Gasteiger partial charge in [-0.1, -0.05) is 5.92 Å². The van der Waals surface area contributed by atoms with Gasteiger partial charge in [0.25, 0.3) is 5.69 Å². The first-order valence-electron chi connectivity index (χ1n) is 5.10. The Bertz CT molecular complexity index is 584. The third-order valence-electron chi connectivity index (χ3n) is 2.35. The summed E-state index contributed by atoms with van der Waals surface area (Å²) in [4.78, 5) is 20.4. The lowest BCUT2D eigenvalue weighted by molar-refractivity contribution is -0.386. The van der Waals surface area contributed by atoms with Crippen molar-refractivity contribution in [1.82, 2.24) is 0 Å². The van der Waals surface area contributed by atoms with Gasteiger partial charge in [-0.05, 0) is 24.5 Å². The van der Waals surface area contributed by atoms with Crippen LogP contribution in [-0.4, -0.2) is 23.1 Å². The molecule has 0 bridgehead atoms. The van der Waals surface area contributed by atoms with Crippen LogP contribution >= 0.6 is 0 Å². The van der Waals surface area contributed by atoms with Gasteiger partial charge >= 0.3 is 0 Å². The number of hydrogen-bond acceptors (Lipinski definition) is 6. The number of aliphatic hydroxyl groups excluding tert-OH is 1. The molecule has 1 N–H and O–H groups in total. The van der Waals surface area contributed by atoms with E-state index >= 15 is 0 Å². The molecule has 1 unspecified atom stereocenters. The summed E-state index contributed by atoms with van der Waals surface area (Å²) >= 11 is 0. The Kier molecular flexibility index (Phi) is 4.45. The molecular formula is C12H10NO6-. The van der Waals surface area contributed by atoms with E-state index in [1.807, 2.05) is 5.92 Å². The predicted octanol–water partition coefficient (Wildman–Crippen LogP) is -0.301. The maximum absolute atomic E-state index is 10.9. The van der Waals surface area contributed by atoms with Gasteiger partial charge in [0.05, 0.1) is 17.6 Å².